The summed E-state index contributed by atoms with van der Waals surface area (Å²) in [6, 6.07) is 8.91. The maximum atomic E-state index is 13.9. The Labute approximate surface area is 156 Å². The van der Waals surface area contributed by atoms with Gasteiger partial charge in [0.15, 0.2) is 10.9 Å². The van der Waals surface area contributed by atoms with E-state index in [0.717, 1.165) is 23.5 Å². The average molecular weight is 408 g/mol. The normalized spacial score (nSPS) is 11.6. The maximum absolute atomic E-state index is 13.9. The third-order valence-corrected chi connectivity index (χ3v) is 6.02. The number of thiazole rings is 1. The third-order valence-electron chi connectivity index (χ3n) is 3.53. The number of sulfonamides is 1. The molecule has 1 aromatic carbocycles. The second kappa shape index (κ2) is 6.63. The van der Waals surface area contributed by atoms with Crippen LogP contribution in [0.4, 0.5) is 13.9 Å². The molecule has 0 saturated carbocycles. The van der Waals surface area contributed by atoms with Crippen LogP contribution in [-0.4, -0.2) is 13.4 Å². The minimum atomic E-state index is -4.31. The van der Waals surface area contributed by atoms with Crippen LogP contribution in [0.1, 0.15) is 0 Å². The van der Waals surface area contributed by atoms with E-state index < -0.39 is 26.6 Å². The monoisotopic (exact) mass is 408 g/mol. The lowest BCUT2D eigenvalue weighted by molar-refractivity contribution is 0.551. The standard InChI is InChI=1S/C17H10F2N2O4S2/c18-10-5-6-14(11(19)9-10)27(22,23)21-17-20-15(12-3-1-7-24-12)16(26-17)13-4-2-8-25-13/h1-9H,(H,20,21). The van der Waals surface area contributed by atoms with Gasteiger partial charge in [0.25, 0.3) is 10.0 Å². The first kappa shape index (κ1) is 17.4. The molecule has 0 aliphatic rings. The molecule has 10 heteroatoms. The van der Waals surface area contributed by atoms with E-state index in [1.807, 2.05) is 0 Å². The van der Waals surface area contributed by atoms with Crippen LogP contribution < -0.4 is 4.72 Å². The summed E-state index contributed by atoms with van der Waals surface area (Å²) in [6.07, 6.45) is 2.93. The van der Waals surface area contributed by atoms with E-state index >= 15 is 0 Å². The van der Waals surface area contributed by atoms with Crippen molar-refractivity contribution in [2.75, 3.05) is 4.72 Å². The summed E-state index contributed by atoms with van der Waals surface area (Å²) in [6.45, 7) is 0. The summed E-state index contributed by atoms with van der Waals surface area (Å²) in [7, 11) is -4.31. The quantitative estimate of drug-likeness (QED) is 0.515. The van der Waals surface area contributed by atoms with Gasteiger partial charge in [-0.05, 0) is 36.4 Å². The van der Waals surface area contributed by atoms with E-state index in [2.05, 4.69) is 9.71 Å². The summed E-state index contributed by atoms with van der Waals surface area (Å²) in [5.74, 6) is -1.19. The van der Waals surface area contributed by atoms with Crippen molar-refractivity contribution in [2.45, 2.75) is 4.90 Å². The lowest BCUT2D eigenvalue weighted by atomic mass is 10.2. The number of furan rings is 2. The van der Waals surface area contributed by atoms with E-state index in [0.29, 0.717) is 28.2 Å². The van der Waals surface area contributed by atoms with E-state index in [1.54, 1.807) is 24.3 Å². The number of benzene rings is 1. The maximum Gasteiger partial charge on any atom is 0.266 e. The summed E-state index contributed by atoms with van der Waals surface area (Å²) >= 11 is 0.994. The summed E-state index contributed by atoms with van der Waals surface area (Å²) in [5.41, 5.74) is 0.372. The van der Waals surface area contributed by atoms with Gasteiger partial charge in [0, 0.05) is 6.07 Å². The molecule has 1 N–H and O–H groups in total. The molecule has 3 heterocycles. The number of hydrogen-bond donors (Lipinski definition) is 1. The summed E-state index contributed by atoms with van der Waals surface area (Å²) in [5, 5.41) is -0.0171. The van der Waals surface area contributed by atoms with Crippen molar-refractivity contribution in [3.8, 4) is 22.1 Å². The Hall–Kier alpha value is -2.98. The van der Waals surface area contributed by atoms with Crippen LogP contribution in [0.3, 0.4) is 0 Å². The molecule has 138 valence electrons. The minimum absolute atomic E-state index is 0.0171. The molecule has 0 fully saturated rings. The molecule has 3 aromatic heterocycles. The second-order valence-corrected chi connectivity index (χ2v) is 7.98. The Bertz CT molecular complexity index is 1130. The molecular weight excluding hydrogens is 398 g/mol. The summed E-state index contributed by atoms with van der Waals surface area (Å²) in [4.78, 5) is 4.10. The van der Waals surface area contributed by atoms with E-state index in [1.165, 1.54) is 12.5 Å². The van der Waals surface area contributed by atoms with Crippen molar-refractivity contribution >= 4 is 26.5 Å². The minimum Gasteiger partial charge on any atom is -0.463 e. The number of anilines is 1. The Morgan fingerprint density at radius 1 is 1.00 bits per heavy atom. The molecule has 0 saturated heterocycles. The van der Waals surface area contributed by atoms with E-state index in [-0.39, 0.29) is 5.13 Å². The average Bonchev–Trinajstić information content (AvgIpc) is 3.35. The van der Waals surface area contributed by atoms with Gasteiger partial charge in [-0.1, -0.05) is 11.3 Å². The SMILES string of the molecule is O=S(=O)(Nc1nc(-c2ccco2)c(-c2ccco2)s1)c1ccc(F)cc1F. The van der Waals surface area contributed by atoms with Gasteiger partial charge in [-0.3, -0.25) is 4.72 Å². The highest BCUT2D eigenvalue weighted by Crippen LogP contribution is 2.40. The molecule has 0 radical (unpaired) electrons. The van der Waals surface area contributed by atoms with Gasteiger partial charge in [-0.15, -0.1) is 0 Å². The highest BCUT2D eigenvalue weighted by Gasteiger charge is 2.24. The Balaban J connectivity index is 1.75. The molecule has 4 aromatic rings. The Kier molecular flexibility index (Phi) is 4.28. The number of rotatable bonds is 5. The van der Waals surface area contributed by atoms with Crippen LogP contribution >= 0.6 is 11.3 Å². The fourth-order valence-electron chi connectivity index (χ4n) is 2.38. The van der Waals surface area contributed by atoms with Crippen molar-refractivity contribution < 1.29 is 26.0 Å². The van der Waals surface area contributed by atoms with Crippen molar-refractivity contribution in [1.82, 2.24) is 4.98 Å². The number of hydrogen-bond acceptors (Lipinski definition) is 6. The van der Waals surface area contributed by atoms with Crippen LogP contribution in [0.5, 0.6) is 0 Å². The number of nitrogens with zero attached hydrogens (tertiary/aromatic N) is 1. The number of nitrogens with one attached hydrogen (secondary N) is 1. The van der Waals surface area contributed by atoms with Crippen molar-refractivity contribution in [2.24, 2.45) is 0 Å². The first-order valence-electron chi connectivity index (χ1n) is 7.50. The van der Waals surface area contributed by atoms with Crippen molar-refractivity contribution in [1.29, 1.82) is 0 Å². The number of halogens is 2. The van der Waals surface area contributed by atoms with Crippen molar-refractivity contribution in [3.05, 3.63) is 66.6 Å². The van der Waals surface area contributed by atoms with Gasteiger partial charge in [-0.2, -0.15) is 0 Å². The molecule has 0 atom stereocenters. The van der Waals surface area contributed by atoms with E-state index in [4.69, 9.17) is 8.83 Å². The fourth-order valence-corrected chi connectivity index (χ4v) is 4.62. The van der Waals surface area contributed by atoms with Gasteiger partial charge in [0.1, 0.15) is 32.9 Å². The van der Waals surface area contributed by atoms with Gasteiger partial charge in [0.2, 0.25) is 0 Å². The van der Waals surface area contributed by atoms with Gasteiger partial charge >= 0.3 is 0 Å². The smallest absolute Gasteiger partial charge is 0.266 e. The molecule has 0 aliphatic heterocycles. The van der Waals surface area contributed by atoms with E-state index in [9.17, 15) is 17.2 Å². The van der Waals surface area contributed by atoms with Gasteiger partial charge in [0.05, 0.1) is 12.5 Å². The molecule has 27 heavy (non-hydrogen) atoms. The van der Waals surface area contributed by atoms with Crippen molar-refractivity contribution in [3.63, 3.8) is 0 Å². The largest absolute Gasteiger partial charge is 0.463 e. The third kappa shape index (κ3) is 3.36. The second-order valence-electron chi connectivity index (χ2n) is 5.33. The van der Waals surface area contributed by atoms with Crippen LogP contribution in [0.15, 0.2) is 68.7 Å². The topological polar surface area (TPSA) is 85.3 Å². The zero-order valence-corrected chi connectivity index (χ0v) is 15.0. The zero-order chi connectivity index (χ0) is 19.0. The van der Waals surface area contributed by atoms with Crippen LogP contribution in [0.25, 0.3) is 22.1 Å². The Morgan fingerprint density at radius 2 is 1.70 bits per heavy atom. The lowest BCUT2D eigenvalue weighted by Gasteiger charge is -2.06. The molecule has 0 unspecified atom stereocenters. The van der Waals surface area contributed by atoms with Gasteiger partial charge in [-0.25, -0.2) is 22.2 Å². The molecular formula is C17H10F2N2O4S2. The highest BCUT2D eigenvalue weighted by molar-refractivity contribution is 7.93. The first-order chi connectivity index (χ1) is 12.9. The fraction of sp³-hybridized carbons (Fsp3) is 0. The molecule has 0 aliphatic carbocycles. The number of aromatic nitrogens is 1. The molecule has 0 bridgehead atoms. The van der Waals surface area contributed by atoms with Gasteiger partial charge < -0.3 is 8.83 Å². The van der Waals surface area contributed by atoms with Crippen LogP contribution in [0, 0.1) is 11.6 Å². The molecule has 0 amide bonds. The summed E-state index contributed by atoms with van der Waals surface area (Å²) < 4.78 is 64.8. The predicted octanol–water partition coefficient (Wildman–Crippen LogP) is 4.74. The predicted molar refractivity (Wildman–Crippen MR) is 94.7 cm³/mol. The Morgan fingerprint density at radius 3 is 2.33 bits per heavy atom. The first-order valence-corrected chi connectivity index (χ1v) is 9.80. The zero-order valence-electron chi connectivity index (χ0n) is 13.3. The highest BCUT2D eigenvalue weighted by atomic mass is 32.2. The lowest BCUT2D eigenvalue weighted by Crippen LogP contribution is -2.14. The molecule has 4 rings (SSSR count). The molecule has 6 nitrogen and oxygen atoms in total. The molecule has 0 spiro atoms. The van der Waals surface area contributed by atoms with Crippen LogP contribution in [-0.2, 0) is 10.0 Å². The van der Waals surface area contributed by atoms with Crippen LogP contribution in [0.2, 0.25) is 0 Å².